The van der Waals surface area contributed by atoms with E-state index in [1.165, 1.54) is 6.07 Å². The summed E-state index contributed by atoms with van der Waals surface area (Å²) in [4.78, 5) is 18.1. The lowest BCUT2D eigenvalue weighted by Crippen LogP contribution is -2.12. The highest BCUT2D eigenvalue weighted by Crippen LogP contribution is 2.11. The van der Waals surface area contributed by atoms with Gasteiger partial charge in [0.15, 0.2) is 0 Å². The number of methoxy groups -OCH3 is 1. The van der Waals surface area contributed by atoms with Crippen LogP contribution in [0.15, 0.2) is 35.1 Å². The van der Waals surface area contributed by atoms with Gasteiger partial charge in [-0.3, -0.25) is 9.78 Å². The fraction of sp³-hybridized carbons (Fsp3) is 0.231. The SMILES string of the molecule is COc1ccc(CNc2nc(C)cc(=O)[nH]2)cc1. The summed E-state index contributed by atoms with van der Waals surface area (Å²) in [5.41, 5.74) is 1.62. The molecule has 0 aliphatic heterocycles. The Labute approximate surface area is 105 Å². The van der Waals surface area contributed by atoms with Crippen molar-refractivity contribution in [3.05, 3.63) is 51.9 Å². The number of ether oxygens (including phenoxy) is 1. The minimum atomic E-state index is -0.153. The quantitative estimate of drug-likeness (QED) is 0.860. The fourth-order valence-corrected chi connectivity index (χ4v) is 1.59. The maximum atomic E-state index is 11.3. The van der Waals surface area contributed by atoms with E-state index >= 15 is 0 Å². The van der Waals surface area contributed by atoms with Crippen LogP contribution < -0.4 is 15.6 Å². The minimum Gasteiger partial charge on any atom is -0.497 e. The van der Waals surface area contributed by atoms with E-state index in [4.69, 9.17) is 4.74 Å². The van der Waals surface area contributed by atoms with Gasteiger partial charge < -0.3 is 10.1 Å². The fourth-order valence-electron chi connectivity index (χ4n) is 1.59. The van der Waals surface area contributed by atoms with Gasteiger partial charge in [0.2, 0.25) is 5.95 Å². The number of H-pyrrole nitrogens is 1. The Morgan fingerprint density at radius 1 is 1.33 bits per heavy atom. The predicted molar refractivity (Wildman–Crippen MR) is 69.9 cm³/mol. The molecule has 0 unspecified atom stereocenters. The zero-order valence-corrected chi connectivity index (χ0v) is 10.4. The summed E-state index contributed by atoms with van der Waals surface area (Å²) < 4.78 is 5.08. The number of hydrogen-bond acceptors (Lipinski definition) is 4. The van der Waals surface area contributed by atoms with Gasteiger partial charge in [-0.05, 0) is 24.6 Å². The zero-order valence-electron chi connectivity index (χ0n) is 10.4. The van der Waals surface area contributed by atoms with Gasteiger partial charge >= 0.3 is 0 Å². The Bertz CT molecular complexity index is 576. The number of aromatic amines is 1. The largest absolute Gasteiger partial charge is 0.497 e. The number of benzene rings is 1. The van der Waals surface area contributed by atoms with Crippen molar-refractivity contribution < 1.29 is 4.74 Å². The second kappa shape index (κ2) is 5.35. The molecule has 0 saturated carbocycles. The van der Waals surface area contributed by atoms with Crippen LogP contribution in [0.25, 0.3) is 0 Å². The summed E-state index contributed by atoms with van der Waals surface area (Å²) >= 11 is 0. The topological polar surface area (TPSA) is 67.0 Å². The van der Waals surface area contributed by atoms with Crippen molar-refractivity contribution in [3.8, 4) is 5.75 Å². The van der Waals surface area contributed by atoms with Crippen molar-refractivity contribution in [2.75, 3.05) is 12.4 Å². The molecule has 94 valence electrons. The van der Waals surface area contributed by atoms with Gasteiger partial charge in [-0.2, -0.15) is 0 Å². The van der Waals surface area contributed by atoms with E-state index in [-0.39, 0.29) is 5.56 Å². The molecule has 18 heavy (non-hydrogen) atoms. The van der Waals surface area contributed by atoms with Crippen LogP contribution >= 0.6 is 0 Å². The minimum absolute atomic E-state index is 0.153. The van der Waals surface area contributed by atoms with Crippen molar-refractivity contribution in [3.63, 3.8) is 0 Å². The van der Waals surface area contributed by atoms with Crippen LogP contribution in [0.1, 0.15) is 11.3 Å². The molecule has 2 N–H and O–H groups in total. The van der Waals surface area contributed by atoms with Gasteiger partial charge in [-0.15, -0.1) is 0 Å². The van der Waals surface area contributed by atoms with E-state index in [2.05, 4.69) is 15.3 Å². The first kappa shape index (κ1) is 12.2. The molecule has 0 spiro atoms. The zero-order chi connectivity index (χ0) is 13.0. The third-order valence-electron chi connectivity index (χ3n) is 2.49. The standard InChI is InChI=1S/C13H15N3O2/c1-9-7-12(17)16-13(15-9)14-8-10-3-5-11(18-2)6-4-10/h3-7H,8H2,1-2H3,(H2,14,15,16,17). The van der Waals surface area contributed by atoms with Gasteiger partial charge in [-0.25, -0.2) is 4.98 Å². The number of hydrogen-bond donors (Lipinski definition) is 2. The highest BCUT2D eigenvalue weighted by Gasteiger charge is 1.98. The van der Waals surface area contributed by atoms with Crippen molar-refractivity contribution >= 4 is 5.95 Å². The summed E-state index contributed by atoms with van der Waals surface area (Å²) in [5, 5.41) is 3.07. The first-order valence-electron chi connectivity index (χ1n) is 5.62. The summed E-state index contributed by atoms with van der Waals surface area (Å²) in [6, 6.07) is 9.16. The Hall–Kier alpha value is -2.30. The van der Waals surface area contributed by atoms with Gasteiger partial charge in [-0.1, -0.05) is 12.1 Å². The normalized spacial score (nSPS) is 10.1. The number of aryl methyl sites for hydroxylation is 1. The molecule has 0 atom stereocenters. The van der Waals surface area contributed by atoms with E-state index in [9.17, 15) is 4.79 Å². The highest BCUT2D eigenvalue weighted by molar-refractivity contribution is 5.31. The van der Waals surface area contributed by atoms with E-state index in [0.29, 0.717) is 18.2 Å². The lowest BCUT2D eigenvalue weighted by Gasteiger charge is -2.06. The van der Waals surface area contributed by atoms with Crippen molar-refractivity contribution in [1.29, 1.82) is 0 Å². The lowest BCUT2D eigenvalue weighted by atomic mass is 10.2. The van der Waals surface area contributed by atoms with Crippen LogP contribution in [0, 0.1) is 6.92 Å². The average Bonchev–Trinajstić information content (AvgIpc) is 2.36. The molecule has 5 nitrogen and oxygen atoms in total. The van der Waals surface area contributed by atoms with Crippen LogP contribution in [0.5, 0.6) is 5.75 Å². The van der Waals surface area contributed by atoms with Crippen LogP contribution in [0.4, 0.5) is 5.95 Å². The summed E-state index contributed by atoms with van der Waals surface area (Å²) in [7, 11) is 1.63. The van der Waals surface area contributed by atoms with Gasteiger partial charge in [0, 0.05) is 18.3 Å². The smallest absolute Gasteiger partial charge is 0.252 e. The van der Waals surface area contributed by atoms with E-state index in [1.54, 1.807) is 14.0 Å². The summed E-state index contributed by atoms with van der Waals surface area (Å²) in [6.45, 7) is 2.38. The number of nitrogens with one attached hydrogen (secondary N) is 2. The second-order valence-electron chi connectivity index (χ2n) is 3.94. The molecule has 0 bridgehead atoms. The van der Waals surface area contributed by atoms with Gasteiger partial charge in [0.1, 0.15) is 5.75 Å². The summed E-state index contributed by atoms with van der Waals surface area (Å²) in [5.74, 6) is 1.30. The average molecular weight is 245 g/mol. The molecule has 0 amide bonds. The van der Waals surface area contributed by atoms with Crippen molar-refractivity contribution in [2.24, 2.45) is 0 Å². The van der Waals surface area contributed by atoms with E-state index < -0.39 is 0 Å². The molecule has 1 aromatic carbocycles. The van der Waals surface area contributed by atoms with Crippen LogP contribution in [-0.2, 0) is 6.54 Å². The molecule has 2 aromatic rings. The van der Waals surface area contributed by atoms with Crippen LogP contribution in [0.3, 0.4) is 0 Å². The maximum Gasteiger partial charge on any atom is 0.252 e. The molecule has 2 rings (SSSR count). The Morgan fingerprint density at radius 2 is 2.06 bits per heavy atom. The van der Waals surface area contributed by atoms with Crippen LogP contribution in [-0.4, -0.2) is 17.1 Å². The van der Waals surface area contributed by atoms with Crippen LogP contribution in [0.2, 0.25) is 0 Å². The maximum absolute atomic E-state index is 11.3. The molecule has 0 aliphatic rings. The van der Waals surface area contributed by atoms with Crippen molar-refractivity contribution in [1.82, 2.24) is 9.97 Å². The Balaban J connectivity index is 2.04. The molecule has 1 heterocycles. The van der Waals surface area contributed by atoms with E-state index in [0.717, 1.165) is 11.3 Å². The number of nitrogens with zero attached hydrogens (tertiary/aromatic N) is 1. The van der Waals surface area contributed by atoms with E-state index in [1.807, 2.05) is 24.3 Å². The first-order chi connectivity index (χ1) is 8.67. The molecule has 0 fully saturated rings. The molecular weight excluding hydrogens is 230 g/mol. The lowest BCUT2D eigenvalue weighted by molar-refractivity contribution is 0.414. The van der Waals surface area contributed by atoms with Gasteiger partial charge in [0.25, 0.3) is 5.56 Å². The van der Waals surface area contributed by atoms with Crippen molar-refractivity contribution in [2.45, 2.75) is 13.5 Å². The number of aromatic nitrogens is 2. The number of rotatable bonds is 4. The predicted octanol–water partition coefficient (Wildman–Crippen LogP) is 1.70. The number of anilines is 1. The molecular formula is C13H15N3O2. The molecule has 5 heteroatoms. The second-order valence-corrected chi connectivity index (χ2v) is 3.94. The third-order valence-corrected chi connectivity index (χ3v) is 2.49. The molecule has 0 radical (unpaired) electrons. The molecule has 0 aliphatic carbocycles. The van der Waals surface area contributed by atoms with Gasteiger partial charge in [0.05, 0.1) is 7.11 Å². The highest BCUT2D eigenvalue weighted by atomic mass is 16.5. The monoisotopic (exact) mass is 245 g/mol. The third kappa shape index (κ3) is 3.10. The Morgan fingerprint density at radius 3 is 2.67 bits per heavy atom. The summed E-state index contributed by atoms with van der Waals surface area (Å²) in [6.07, 6.45) is 0. The Kier molecular flexibility index (Phi) is 3.62. The molecule has 0 saturated heterocycles. The molecule has 1 aromatic heterocycles. The first-order valence-corrected chi connectivity index (χ1v) is 5.62.